The molecule has 0 amide bonds. The van der Waals surface area contributed by atoms with Gasteiger partial charge in [-0.2, -0.15) is 0 Å². The Hall–Kier alpha value is -1.67. The van der Waals surface area contributed by atoms with Crippen LogP contribution in [0, 0.1) is 46.6 Å². The van der Waals surface area contributed by atoms with Crippen molar-refractivity contribution in [3.63, 3.8) is 0 Å². The summed E-state index contributed by atoms with van der Waals surface area (Å²) in [6, 6.07) is 0. The van der Waals surface area contributed by atoms with Crippen molar-refractivity contribution in [3.05, 3.63) is 11.6 Å². The zero-order valence-electron chi connectivity index (χ0n) is 14.3. The van der Waals surface area contributed by atoms with Gasteiger partial charge in [-0.15, -0.1) is 11.1 Å². The van der Waals surface area contributed by atoms with Crippen LogP contribution in [-0.4, -0.2) is 39.1 Å². The molecule has 0 aliphatic carbocycles. The van der Waals surface area contributed by atoms with E-state index < -0.39 is 28.9 Å². The number of aliphatic hydroxyl groups excluding tert-OH is 2. The third kappa shape index (κ3) is 12.1. The van der Waals surface area contributed by atoms with Crippen LogP contribution in [0.15, 0.2) is 11.6 Å². The molecular formula is C18H24O2Si2. The maximum absolute atomic E-state index is 9.71. The Morgan fingerprint density at radius 3 is 1.86 bits per heavy atom. The summed E-state index contributed by atoms with van der Waals surface area (Å²) in [5.41, 5.74) is 6.60. The molecular weight excluding hydrogens is 304 g/mol. The highest BCUT2D eigenvalue weighted by atomic mass is 28.3. The van der Waals surface area contributed by atoms with Gasteiger partial charge in [-0.25, -0.2) is 0 Å². The highest BCUT2D eigenvalue weighted by Gasteiger charge is 2.08. The summed E-state index contributed by atoms with van der Waals surface area (Å²) in [6.07, 6.45) is 0.448. The lowest BCUT2D eigenvalue weighted by Crippen LogP contribution is -2.16. The molecule has 116 valence electrons. The molecule has 2 N–H and O–H groups in total. The lowest BCUT2D eigenvalue weighted by Gasteiger charge is -2.04. The van der Waals surface area contributed by atoms with E-state index in [1.807, 2.05) is 0 Å². The van der Waals surface area contributed by atoms with Crippen LogP contribution in [0.4, 0.5) is 0 Å². The Labute approximate surface area is 137 Å². The van der Waals surface area contributed by atoms with E-state index in [-0.39, 0.29) is 0 Å². The van der Waals surface area contributed by atoms with Gasteiger partial charge in [-0.1, -0.05) is 51.1 Å². The van der Waals surface area contributed by atoms with Gasteiger partial charge in [0.15, 0.2) is 0 Å². The highest BCUT2D eigenvalue weighted by Crippen LogP contribution is 2.00. The van der Waals surface area contributed by atoms with Crippen molar-refractivity contribution in [1.82, 2.24) is 0 Å². The minimum absolute atomic E-state index is 0.356. The minimum Gasteiger partial charge on any atom is -0.393 e. The zero-order chi connectivity index (χ0) is 17.2. The van der Waals surface area contributed by atoms with Crippen LogP contribution in [0.3, 0.4) is 0 Å². The predicted molar refractivity (Wildman–Crippen MR) is 99.0 cm³/mol. The predicted octanol–water partition coefficient (Wildman–Crippen LogP) is 2.03. The van der Waals surface area contributed by atoms with E-state index in [9.17, 15) is 5.11 Å². The molecule has 0 rings (SSSR count). The third-order valence-corrected chi connectivity index (χ3v) is 3.79. The highest BCUT2D eigenvalue weighted by molar-refractivity contribution is 6.84. The Morgan fingerprint density at radius 2 is 1.41 bits per heavy atom. The van der Waals surface area contributed by atoms with Crippen molar-refractivity contribution < 1.29 is 10.2 Å². The molecule has 1 atom stereocenters. The number of rotatable bonds is 2. The van der Waals surface area contributed by atoms with Crippen molar-refractivity contribution in [2.24, 2.45) is 0 Å². The monoisotopic (exact) mass is 328 g/mol. The molecule has 4 heteroatoms. The first-order valence-electron chi connectivity index (χ1n) is 7.10. The van der Waals surface area contributed by atoms with Gasteiger partial charge in [0, 0.05) is 11.6 Å². The van der Waals surface area contributed by atoms with Gasteiger partial charge in [-0.05, 0) is 23.7 Å². The molecule has 0 bridgehead atoms. The second-order valence-corrected chi connectivity index (χ2v) is 16.3. The zero-order valence-corrected chi connectivity index (χ0v) is 16.3. The Balaban J connectivity index is 5.20. The number of hydrogen-bond acceptors (Lipinski definition) is 2. The fourth-order valence-electron chi connectivity index (χ4n) is 1.00. The second kappa shape index (κ2) is 9.37. The van der Waals surface area contributed by atoms with Crippen LogP contribution < -0.4 is 0 Å². The first-order valence-corrected chi connectivity index (χ1v) is 14.1. The van der Waals surface area contributed by atoms with E-state index in [2.05, 4.69) is 85.9 Å². The molecule has 0 saturated carbocycles. The molecule has 0 radical (unpaired) electrons. The van der Waals surface area contributed by atoms with Crippen molar-refractivity contribution in [2.75, 3.05) is 6.61 Å². The van der Waals surface area contributed by atoms with Crippen LogP contribution in [0.1, 0.15) is 0 Å². The van der Waals surface area contributed by atoms with Crippen molar-refractivity contribution in [3.8, 4) is 46.6 Å². The summed E-state index contributed by atoms with van der Waals surface area (Å²) < 4.78 is 0. The molecule has 0 aromatic heterocycles. The summed E-state index contributed by atoms with van der Waals surface area (Å²) in [5, 5.41) is 18.7. The molecule has 22 heavy (non-hydrogen) atoms. The largest absolute Gasteiger partial charge is 0.393 e. The standard InChI is InChI=1S/C18H24O2Si2/c1-21(2,3)14-10-7-8-12-17(18(20)16-19)13-9-11-15-22(4,5)6/h12,18-20H,16H2,1-6H3/b17-12-. The van der Waals surface area contributed by atoms with E-state index >= 15 is 0 Å². The molecule has 2 nitrogen and oxygen atoms in total. The number of hydrogen-bond donors (Lipinski definition) is 2. The molecule has 0 saturated heterocycles. The molecule has 0 aromatic carbocycles. The summed E-state index contributed by atoms with van der Waals surface area (Å²) in [7, 11) is -2.88. The average molecular weight is 329 g/mol. The molecule has 0 aromatic rings. The molecule has 0 fully saturated rings. The first kappa shape index (κ1) is 20.3. The van der Waals surface area contributed by atoms with E-state index in [4.69, 9.17) is 5.11 Å². The van der Waals surface area contributed by atoms with Crippen molar-refractivity contribution in [2.45, 2.75) is 45.4 Å². The number of allylic oxidation sites excluding steroid dienone is 1. The SMILES string of the molecule is C[Si](C)(C)C#CC#C/C=C(/C#CC#C[Si](C)(C)C)C(O)CO. The van der Waals surface area contributed by atoms with Gasteiger partial charge in [0.1, 0.15) is 22.3 Å². The normalized spacial score (nSPS) is 12.3. The summed E-state index contributed by atoms with van der Waals surface area (Å²) in [4.78, 5) is 0. The topological polar surface area (TPSA) is 40.5 Å². The second-order valence-electron chi connectivity index (χ2n) is 6.82. The minimum atomic E-state index is -1.46. The van der Waals surface area contributed by atoms with Crippen molar-refractivity contribution >= 4 is 16.1 Å². The van der Waals surface area contributed by atoms with E-state index in [0.717, 1.165) is 0 Å². The smallest absolute Gasteiger partial charge is 0.130 e. The Bertz CT molecular complexity index is 646. The summed E-state index contributed by atoms with van der Waals surface area (Å²) >= 11 is 0. The van der Waals surface area contributed by atoms with Gasteiger partial charge in [0.05, 0.1) is 6.61 Å². The molecule has 0 spiro atoms. The lowest BCUT2D eigenvalue weighted by molar-refractivity contribution is 0.126. The van der Waals surface area contributed by atoms with Crippen LogP contribution in [0.2, 0.25) is 39.3 Å². The molecule has 0 aliphatic rings. The fourth-order valence-corrected chi connectivity index (χ4v) is 1.88. The van der Waals surface area contributed by atoms with E-state index in [0.29, 0.717) is 5.57 Å². The quantitative estimate of drug-likeness (QED) is 0.601. The molecule has 1 unspecified atom stereocenters. The van der Waals surface area contributed by atoms with Gasteiger partial charge in [0.2, 0.25) is 0 Å². The summed E-state index contributed by atoms with van der Waals surface area (Å²) in [5.74, 6) is 16.6. The first-order chi connectivity index (χ1) is 10.0. The van der Waals surface area contributed by atoms with Crippen molar-refractivity contribution in [1.29, 1.82) is 0 Å². The van der Waals surface area contributed by atoms with Gasteiger partial charge >= 0.3 is 0 Å². The molecule has 0 heterocycles. The van der Waals surface area contributed by atoms with E-state index in [1.165, 1.54) is 6.08 Å². The number of aliphatic hydroxyl groups is 2. The van der Waals surface area contributed by atoms with Gasteiger partial charge in [0.25, 0.3) is 0 Å². The van der Waals surface area contributed by atoms with Crippen LogP contribution in [0.5, 0.6) is 0 Å². The lowest BCUT2D eigenvalue weighted by atomic mass is 10.1. The Kier molecular flexibility index (Phi) is 8.66. The summed E-state index contributed by atoms with van der Waals surface area (Å²) in [6.45, 7) is 12.4. The Morgan fingerprint density at radius 1 is 0.909 bits per heavy atom. The molecule has 0 aliphatic heterocycles. The third-order valence-electron chi connectivity index (χ3n) is 2.04. The van der Waals surface area contributed by atoms with Crippen LogP contribution >= 0.6 is 0 Å². The van der Waals surface area contributed by atoms with Crippen LogP contribution in [0.25, 0.3) is 0 Å². The fraction of sp³-hybridized carbons (Fsp3) is 0.444. The van der Waals surface area contributed by atoms with Gasteiger partial charge in [-0.3, -0.25) is 0 Å². The van der Waals surface area contributed by atoms with Crippen LogP contribution in [-0.2, 0) is 0 Å². The average Bonchev–Trinajstić information content (AvgIpc) is 2.37. The maximum atomic E-state index is 9.71. The van der Waals surface area contributed by atoms with E-state index in [1.54, 1.807) is 0 Å². The maximum Gasteiger partial charge on any atom is 0.130 e. The van der Waals surface area contributed by atoms with Gasteiger partial charge < -0.3 is 10.2 Å².